The van der Waals surface area contributed by atoms with E-state index in [4.69, 9.17) is 9.47 Å². The fourth-order valence-corrected chi connectivity index (χ4v) is 9.97. The SMILES string of the molecule is COc1ccc(CNC(=O)CCC(C)C2CCC3C4C(O)CC5CC(O)CCC5(C)C4CC(O)C23C)cc1OC. The first kappa shape index (κ1) is 29.7. The summed E-state index contributed by atoms with van der Waals surface area (Å²) in [5, 5.41) is 36.6. The van der Waals surface area contributed by atoms with Crippen molar-refractivity contribution in [3.63, 3.8) is 0 Å². The van der Waals surface area contributed by atoms with Gasteiger partial charge in [-0.05, 0) is 115 Å². The number of fused-ring (bicyclic) bond motifs is 5. The molecule has 40 heavy (non-hydrogen) atoms. The lowest BCUT2D eigenvalue weighted by Gasteiger charge is -2.63. The Morgan fingerprint density at radius 2 is 1.77 bits per heavy atom. The van der Waals surface area contributed by atoms with E-state index >= 15 is 0 Å². The Hall–Kier alpha value is -1.83. The average molecular weight is 558 g/mol. The smallest absolute Gasteiger partial charge is 0.220 e. The molecular weight excluding hydrogens is 506 g/mol. The number of carbonyl (C=O) groups excluding carboxylic acids is 1. The zero-order valence-corrected chi connectivity index (χ0v) is 25.1. The topological polar surface area (TPSA) is 108 Å². The number of nitrogens with one attached hydrogen (secondary N) is 1. The van der Waals surface area contributed by atoms with Crippen molar-refractivity contribution >= 4 is 5.91 Å². The number of ether oxygens (including phenoxy) is 2. The molecule has 4 aliphatic carbocycles. The lowest BCUT2D eigenvalue weighted by Crippen LogP contribution is -2.62. The fourth-order valence-electron chi connectivity index (χ4n) is 9.97. The minimum absolute atomic E-state index is 0.0340. The largest absolute Gasteiger partial charge is 0.493 e. The molecule has 0 aliphatic heterocycles. The van der Waals surface area contributed by atoms with Crippen molar-refractivity contribution in [1.29, 1.82) is 0 Å². The maximum Gasteiger partial charge on any atom is 0.220 e. The number of aliphatic hydroxyl groups is 3. The van der Waals surface area contributed by atoms with E-state index < -0.39 is 6.10 Å². The first-order valence-corrected chi connectivity index (χ1v) is 15.5. The normalized spacial score (nSPS) is 41.3. The number of aliphatic hydroxyl groups excluding tert-OH is 3. The summed E-state index contributed by atoms with van der Waals surface area (Å²) in [6.07, 6.45) is 6.42. The number of methoxy groups -OCH3 is 2. The van der Waals surface area contributed by atoms with Crippen LogP contribution in [0.2, 0.25) is 0 Å². The molecule has 1 amide bonds. The molecule has 4 fully saturated rings. The van der Waals surface area contributed by atoms with Gasteiger partial charge in [-0.25, -0.2) is 0 Å². The summed E-state index contributed by atoms with van der Waals surface area (Å²) in [6, 6.07) is 5.66. The highest BCUT2D eigenvalue weighted by Crippen LogP contribution is 2.68. The van der Waals surface area contributed by atoms with Gasteiger partial charge in [0.1, 0.15) is 0 Å². The second kappa shape index (κ2) is 11.4. The van der Waals surface area contributed by atoms with Crippen molar-refractivity contribution < 1.29 is 29.6 Å². The summed E-state index contributed by atoms with van der Waals surface area (Å²) in [4.78, 5) is 12.8. The Labute approximate surface area is 240 Å². The van der Waals surface area contributed by atoms with Crippen molar-refractivity contribution in [2.75, 3.05) is 14.2 Å². The number of hydrogen-bond donors (Lipinski definition) is 4. The van der Waals surface area contributed by atoms with Gasteiger partial charge >= 0.3 is 0 Å². The number of carbonyl (C=O) groups is 1. The van der Waals surface area contributed by atoms with E-state index in [1.165, 1.54) is 0 Å². The van der Waals surface area contributed by atoms with Crippen molar-refractivity contribution in [3.8, 4) is 11.5 Å². The van der Waals surface area contributed by atoms with Gasteiger partial charge in [0.25, 0.3) is 0 Å². The van der Waals surface area contributed by atoms with Crippen LogP contribution in [0.3, 0.4) is 0 Å². The van der Waals surface area contributed by atoms with E-state index in [0.29, 0.717) is 54.1 Å². The molecule has 0 aromatic heterocycles. The molecule has 11 unspecified atom stereocenters. The standard InChI is InChI=1S/C33H51NO6/c1-19(6-11-30(38)34-18-20-7-10-27(39-4)28(14-20)40-5)23-8-9-24-31-25(17-29(37)33(23,24)3)32(2)13-12-22(35)15-21(32)16-26(31)36/h7,10,14,19,21-26,29,31,35-37H,6,8-9,11-13,15-18H2,1-5H3,(H,34,38). The van der Waals surface area contributed by atoms with Crippen LogP contribution in [0.15, 0.2) is 18.2 Å². The minimum Gasteiger partial charge on any atom is -0.493 e. The van der Waals surface area contributed by atoms with Crippen LogP contribution in [0.5, 0.6) is 11.5 Å². The summed E-state index contributed by atoms with van der Waals surface area (Å²) in [6.45, 7) is 7.33. The Morgan fingerprint density at radius 3 is 2.50 bits per heavy atom. The molecule has 0 radical (unpaired) electrons. The highest BCUT2D eigenvalue weighted by atomic mass is 16.5. The molecular formula is C33H51NO6. The van der Waals surface area contributed by atoms with Gasteiger partial charge in [-0.1, -0.05) is 26.8 Å². The van der Waals surface area contributed by atoms with Gasteiger partial charge in [0.15, 0.2) is 11.5 Å². The zero-order valence-electron chi connectivity index (χ0n) is 25.1. The van der Waals surface area contributed by atoms with E-state index in [0.717, 1.165) is 56.9 Å². The highest BCUT2D eigenvalue weighted by Gasteiger charge is 2.65. The summed E-state index contributed by atoms with van der Waals surface area (Å²) in [5.74, 6) is 3.13. The van der Waals surface area contributed by atoms with Crippen LogP contribution in [0, 0.1) is 46.3 Å². The lowest BCUT2D eigenvalue weighted by molar-refractivity contribution is -0.207. The molecule has 0 saturated heterocycles. The second-order valence-electron chi connectivity index (χ2n) is 14.0. The third-order valence-electron chi connectivity index (χ3n) is 12.3. The monoisotopic (exact) mass is 557 g/mol. The number of hydrogen-bond acceptors (Lipinski definition) is 6. The molecule has 1 aromatic rings. The quantitative estimate of drug-likeness (QED) is 0.369. The van der Waals surface area contributed by atoms with Crippen LogP contribution >= 0.6 is 0 Å². The zero-order chi connectivity index (χ0) is 28.8. The summed E-state index contributed by atoms with van der Waals surface area (Å²) in [7, 11) is 3.21. The van der Waals surface area contributed by atoms with Crippen LogP contribution in [0.4, 0.5) is 0 Å². The van der Waals surface area contributed by atoms with E-state index in [2.05, 4.69) is 26.1 Å². The van der Waals surface area contributed by atoms with Crippen molar-refractivity contribution in [2.45, 2.75) is 103 Å². The fraction of sp³-hybridized carbons (Fsp3) is 0.788. The number of amides is 1. The van der Waals surface area contributed by atoms with Gasteiger partial charge in [0.05, 0.1) is 32.5 Å². The maximum absolute atomic E-state index is 12.8. The third kappa shape index (κ3) is 5.05. The second-order valence-corrected chi connectivity index (χ2v) is 14.0. The van der Waals surface area contributed by atoms with Gasteiger partial charge in [-0.15, -0.1) is 0 Å². The predicted octanol–water partition coefficient (Wildman–Crippen LogP) is 4.70. The van der Waals surface area contributed by atoms with Crippen molar-refractivity contribution in [2.24, 2.45) is 46.3 Å². The first-order chi connectivity index (χ1) is 19.0. The van der Waals surface area contributed by atoms with Crippen molar-refractivity contribution in [3.05, 3.63) is 23.8 Å². The van der Waals surface area contributed by atoms with Gasteiger partial charge in [0, 0.05) is 13.0 Å². The maximum atomic E-state index is 12.8. The van der Waals surface area contributed by atoms with E-state index in [1.807, 2.05) is 18.2 Å². The van der Waals surface area contributed by atoms with Crippen molar-refractivity contribution in [1.82, 2.24) is 5.32 Å². The molecule has 7 heteroatoms. The summed E-state index contributed by atoms with van der Waals surface area (Å²) in [5.41, 5.74) is 0.801. The summed E-state index contributed by atoms with van der Waals surface area (Å²) < 4.78 is 10.7. The molecule has 5 rings (SSSR count). The Morgan fingerprint density at radius 1 is 1.02 bits per heavy atom. The van der Waals surface area contributed by atoms with Gasteiger partial charge < -0.3 is 30.1 Å². The molecule has 7 nitrogen and oxygen atoms in total. The number of benzene rings is 1. The molecule has 0 bridgehead atoms. The predicted molar refractivity (Wildman–Crippen MR) is 154 cm³/mol. The van der Waals surface area contributed by atoms with E-state index in [1.54, 1.807) is 14.2 Å². The Kier molecular flexibility index (Phi) is 8.49. The minimum atomic E-state index is -0.401. The number of rotatable bonds is 8. The van der Waals surface area contributed by atoms with Crippen LogP contribution < -0.4 is 14.8 Å². The van der Waals surface area contributed by atoms with Crippen LogP contribution in [-0.4, -0.2) is 53.8 Å². The van der Waals surface area contributed by atoms with Crippen LogP contribution in [-0.2, 0) is 11.3 Å². The summed E-state index contributed by atoms with van der Waals surface area (Å²) >= 11 is 0. The molecule has 11 atom stereocenters. The van der Waals surface area contributed by atoms with Gasteiger partial charge in [-0.3, -0.25) is 4.79 Å². The van der Waals surface area contributed by atoms with Crippen LogP contribution in [0.1, 0.15) is 84.1 Å². The molecule has 0 heterocycles. The van der Waals surface area contributed by atoms with E-state index in [-0.39, 0.29) is 34.9 Å². The van der Waals surface area contributed by atoms with Gasteiger partial charge in [-0.2, -0.15) is 0 Å². The molecule has 4 aliphatic rings. The molecule has 224 valence electrons. The Bertz CT molecular complexity index is 1060. The molecule has 4 saturated carbocycles. The highest BCUT2D eigenvalue weighted by molar-refractivity contribution is 5.75. The molecule has 4 N–H and O–H groups in total. The van der Waals surface area contributed by atoms with E-state index in [9.17, 15) is 20.1 Å². The van der Waals surface area contributed by atoms with Crippen LogP contribution in [0.25, 0.3) is 0 Å². The first-order valence-electron chi connectivity index (χ1n) is 15.5. The lowest BCUT2D eigenvalue weighted by atomic mass is 9.43. The molecule has 1 aromatic carbocycles. The van der Waals surface area contributed by atoms with Gasteiger partial charge in [0.2, 0.25) is 5.91 Å². The third-order valence-corrected chi connectivity index (χ3v) is 12.3. The molecule has 0 spiro atoms. The average Bonchev–Trinajstić information content (AvgIpc) is 3.30. The Balaban J connectivity index is 1.21.